The molecule has 1 aliphatic heterocycles. The molecule has 1 heterocycles. The Morgan fingerprint density at radius 1 is 1.27 bits per heavy atom. The van der Waals surface area contributed by atoms with Crippen LogP contribution in [0.4, 0.5) is 0 Å². The van der Waals surface area contributed by atoms with Crippen LogP contribution in [0.5, 0.6) is 0 Å². The van der Waals surface area contributed by atoms with E-state index in [1.807, 2.05) is 39.8 Å². The van der Waals surface area contributed by atoms with Crippen LogP contribution in [0.2, 0.25) is 0 Å². The number of nitrogens with one attached hydrogen (secondary N) is 2. The van der Waals surface area contributed by atoms with Gasteiger partial charge in [-0.05, 0) is 51.8 Å². The standard InChI is InChI=1S/C19H31N3O3S/c1-5-20-16(4)13-21-19(23)17-8-10-22(11-9-17)26(24,25)18-7-6-14(2)12-15(18)3/h6-7,12,16-17,20H,5,8-11,13H2,1-4H3,(H,21,23)/t16-/m1/s1. The van der Waals surface area contributed by atoms with Crippen LogP contribution in [0.15, 0.2) is 23.1 Å². The van der Waals surface area contributed by atoms with E-state index in [1.54, 1.807) is 6.07 Å². The Balaban J connectivity index is 1.94. The number of benzene rings is 1. The molecule has 0 radical (unpaired) electrons. The highest BCUT2D eigenvalue weighted by molar-refractivity contribution is 7.89. The van der Waals surface area contributed by atoms with Crippen molar-refractivity contribution in [3.8, 4) is 0 Å². The maximum Gasteiger partial charge on any atom is 0.243 e. The zero-order valence-corrected chi connectivity index (χ0v) is 17.0. The summed E-state index contributed by atoms with van der Waals surface area (Å²) >= 11 is 0. The van der Waals surface area contributed by atoms with Gasteiger partial charge in [-0.15, -0.1) is 0 Å². The van der Waals surface area contributed by atoms with E-state index in [-0.39, 0.29) is 17.9 Å². The fourth-order valence-corrected chi connectivity index (χ4v) is 5.08. The van der Waals surface area contributed by atoms with Crippen molar-refractivity contribution in [2.45, 2.75) is 51.5 Å². The molecule has 2 N–H and O–H groups in total. The van der Waals surface area contributed by atoms with Crippen LogP contribution in [0.3, 0.4) is 0 Å². The predicted molar refractivity (Wildman–Crippen MR) is 104 cm³/mol. The number of piperidine rings is 1. The summed E-state index contributed by atoms with van der Waals surface area (Å²) in [6, 6.07) is 5.62. The lowest BCUT2D eigenvalue weighted by molar-refractivity contribution is -0.126. The first-order valence-corrected chi connectivity index (χ1v) is 10.8. The van der Waals surface area contributed by atoms with Gasteiger partial charge < -0.3 is 10.6 Å². The fraction of sp³-hybridized carbons (Fsp3) is 0.632. The summed E-state index contributed by atoms with van der Waals surface area (Å²) in [4.78, 5) is 12.7. The molecule has 26 heavy (non-hydrogen) atoms. The Bertz CT molecular complexity index is 726. The number of nitrogens with zero attached hydrogens (tertiary/aromatic N) is 1. The molecule has 0 aromatic heterocycles. The molecule has 1 fully saturated rings. The first-order valence-electron chi connectivity index (χ1n) is 9.34. The van der Waals surface area contributed by atoms with Crippen LogP contribution < -0.4 is 10.6 Å². The molecule has 1 aromatic carbocycles. The molecule has 0 aliphatic carbocycles. The lowest BCUT2D eigenvalue weighted by Gasteiger charge is -2.31. The summed E-state index contributed by atoms with van der Waals surface area (Å²) in [5.41, 5.74) is 1.81. The average Bonchev–Trinajstić information content (AvgIpc) is 2.59. The van der Waals surface area contributed by atoms with E-state index >= 15 is 0 Å². The molecule has 1 amide bonds. The van der Waals surface area contributed by atoms with Crippen molar-refractivity contribution < 1.29 is 13.2 Å². The highest BCUT2D eigenvalue weighted by atomic mass is 32.2. The van der Waals surface area contributed by atoms with Crippen molar-refractivity contribution in [1.29, 1.82) is 0 Å². The highest BCUT2D eigenvalue weighted by Crippen LogP contribution is 2.26. The minimum absolute atomic E-state index is 0.0262. The Labute approximate surface area is 157 Å². The molecule has 1 saturated heterocycles. The summed E-state index contributed by atoms with van der Waals surface area (Å²) in [6.45, 7) is 10.1. The second-order valence-electron chi connectivity index (χ2n) is 7.15. The van der Waals surface area contributed by atoms with E-state index in [2.05, 4.69) is 10.6 Å². The van der Waals surface area contributed by atoms with Crippen LogP contribution in [-0.2, 0) is 14.8 Å². The lowest BCUT2D eigenvalue weighted by atomic mass is 9.97. The smallest absolute Gasteiger partial charge is 0.243 e. The summed E-state index contributed by atoms with van der Waals surface area (Å²) in [5.74, 6) is -0.0901. The molecular weight excluding hydrogens is 350 g/mol. The molecule has 1 aromatic rings. The number of hydrogen-bond acceptors (Lipinski definition) is 4. The van der Waals surface area contributed by atoms with Gasteiger partial charge in [0.1, 0.15) is 0 Å². The minimum atomic E-state index is -3.50. The van der Waals surface area contributed by atoms with Gasteiger partial charge in [-0.25, -0.2) is 8.42 Å². The minimum Gasteiger partial charge on any atom is -0.354 e. The normalized spacial score (nSPS) is 17.8. The summed E-state index contributed by atoms with van der Waals surface area (Å²) in [7, 11) is -3.50. The molecule has 2 rings (SSSR count). The van der Waals surface area contributed by atoms with Crippen LogP contribution >= 0.6 is 0 Å². The number of rotatable bonds is 7. The zero-order valence-electron chi connectivity index (χ0n) is 16.2. The third kappa shape index (κ3) is 5.05. The van der Waals surface area contributed by atoms with Gasteiger partial charge in [-0.3, -0.25) is 4.79 Å². The molecule has 0 spiro atoms. The number of carbonyl (C=O) groups excluding carboxylic acids is 1. The second kappa shape index (κ2) is 8.97. The Hall–Kier alpha value is -1.44. The van der Waals surface area contributed by atoms with Gasteiger partial charge in [-0.2, -0.15) is 4.31 Å². The molecule has 146 valence electrons. The molecule has 0 saturated carbocycles. The predicted octanol–water partition coefficient (Wildman–Crippen LogP) is 1.82. The largest absolute Gasteiger partial charge is 0.354 e. The van der Waals surface area contributed by atoms with E-state index in [4.69, 9.17) is 0 Å². The van der Waals surface area contributed by atoms with Crippen molar-refractivity contribution in [2.75, 3.05) is 26.2 Å². The average molecular weight is 382 g/mol. The summed E-state index contributed by atoms with van der Waals surface area (Å²) < 4.78 is 27.3. The molecular formula is C19H31N3O3S. The number of carbonyl (C=O) groups is 1. The number of aryl methyl sites for hydroxylation is 2. The Morgan fingerprint density at radius 3 is 2.50 bits per heavy atom. The van der Waals surface area contributed by atoms with Crippen LogP contribution in [0.25, 0.3) is 0 Å². The van der Waals surface area contributed by atoms with Crippen LogP contribution in [0.1, 0.15) is 37.8 Å². The highest BCUT2D eigenvalue weighted by Gasteiger charge is 2.32. The first kappa shape index (κ1) is 20.9. The van der Waals surface area contributed by atoms with E-state index in [9.17, 15) is 13.2 Å². The van der Waals surface area contributed by atoms with E-state index in [1.165, 1.54) is 4.31 Å². The van der Waals surface area contributed by atoms with Crippen LogP contribution in [0, 0.1) is 19.8 Å². The van der Waals surface area contributed by atoms with Gasteiger partial charge in [0.2, 0.25) is 15.9 Å². The summed E-state index contributed by atoms with van der Waals surface area (Å²) in [5, 5.41) is 6.22. The van der Waals surface area contributed by atoms with Crippen molar-refractivity contribution >= 4 is 15.9 Å². The molecule has 0 bridgehead atoms. The SMILES string of the molecule is CCN[C@H](C)CNC(=O)C1CCN(S(=O)(=O)c2ccc(C)cc2C)CC1. The summed E-state index contributed by atoms with van der Waals surface area (Å²) in [6.07, 6.45) is 1.12. The van der Waals surface area contributed by atoms with Gasteiger partial charge in [0.25, 0.3) is 0 Å². The molecule has 1 aliphatic rings. The molecule has 1 atom stereocenters. The van der Waals surface area contributed by atoms with Crippen molar-refractivity contribution in [3.63, 3.8) is 0 Å². The third-order valence-electron chi connectivity index (χ3n) is 4.91. The number of hydrogen-bond donors (Lipinski definition) is 2. The maximum atomic E-state index is 12.9. The van der Waals surface area contributed by atoms with E-state index < -0.39 is 10.0 Å². The molecule has 0 unspecified atom stereocenters. The lowest BCUT2D eigenvalue weighted by Crippen LogP contribution is -2.45. The van der Waals surface area contributed by atoms with E-state index in [0.717, 1.165) is 17.7 Å². The molecule has 7 heteroatoms. The topological polar surface area (TPSA) is 78.5 Å². The van der Waals surface area contributed by atoms with Gasteiger partial charge >= 0.3 is 0 Å². The first-order chi connectivity index (χ1) is 12.3. The monoisotopic (exact) mass is 381 g/mol. The molecule has 6 nitrogen and oxygen atoms in total. The van der Waals surface area contributed by atoms with Gasteiger partial charge in [0.05, 0.1) is 4.90 Å². The van der Waals surface area contributed by atoms with E-state index in [0.29, 0.717) is 37.4 Å². The van der Waals surface area contributed by atoms with Crippen LogP contribution in [-0.4, -0.2) is 50.9 Å². The number of amides is 1. The van der Waals surface area contributed by atoms with Crippen molar-refractivity contribution in [2.24, 2.45) is 5.92 Å². The van der Waals surface area contributed by atoms with Gasteiger partial charge in [0, 0.05) is 31.6 Å². The fourth-order valence-electron chi connectivity index (χ4n) is 3.40. The van der Waals surface area contributed by atoms with Gasteiger partial charge in [0.15, 0.2) is 0 Å². The number of likely N-dealkylation sites (N-methyl/N-ethyl adjacent to an activating group) is 1. The Morgan fingerprint density at radius 2 is 1.92 bits per heavy atom. The zero-order chi connectivity index (χ0) is 19.3. The maximum absolute atomic E-state index is 12.9. The third-order valence-corrected chi connectivity index (χ3v) is 6.97. The van der Waals surface area contributed by atoms with Gasteiger partial charge in [-0.1, -0.05) is 24.6 Å². The van der Waals surface area contributed by atoms with Crippen molar-refractivity contribution in [3.05, 3.63) is 29.3 Å². The van der Waals surface area contributed by atoms with Crippen molar-refractivity contribution in [1.82, 2.24) is 14.9 Å². The Kier molecular flexibility index (Phi) is 7.20. The second-order valence-corrected chi connectivity index (χ2v) is 9.06. The quantitative estimate of drug-likeness (QED) is 0.755. The number of sulfonamides is 1.